The van der Waals surface area contributed by atoms with Crippen LogP contribution in [0, 0.1) is 5.92 Å². The molecule has 24 heavy (non-hydrogen) atoms. The molecule has 2 unspecified atom stereocenters. The second-order valence-electron chi connectivity index (χ2n) is 5.68. The molecule has 0 radical (unpaired) electrons. The summed E-state index contributed by atoms with van der Waals surface area (Å²) in [6.45, 7) is 3.86. The summed E-state index contributed by atoms with van der Waals surface area (Å²) < 4.78 is 10.0. The lowest BCUT2D eigenvalue weighted by Gasteiger charge is -2.16. The molecule has 1 heterocycles. The molecule has 0 aliphatic heterocycles. The van der Waals surface area contributed by atoms with Crippen LogP contribution in [0.5, 0.6) is 0 Å². The maximum atomic E-state index is 12.4. The van der Waals surface area contributed by atoms with Gasteiger partial charge in [0.2, 0.25) is 5.89 Å². The Morgan fingerprint density at radius 2 is 1.92 bits per heavy atom. The van der Waals surface area contributed by atoms with Crippen molar-refractivity contribution in [2.75, 3.05) is 7.11 Å². The summed E-state index contributed by atoms with van der Waals surface area (Å²) in [5, 5.41) is 2.60. The number of aromatic nitrogens is 1. The molecule has 1 aromatic heterocycles. The highest BCUT2D eigenvalue weighted by Crippen LogP contribution is 2.19. The van der Waals surface area contributed by atoms with Gasteiger partial charge in [-0.15, -0.1) is 0 Å². The third kappa shape index (κ3) is 3.99. The zero-order valence-electron chi connectivity index (χ0n) is 13.9. The summed E-state index contributed by atoms with van der Waals surface area (Å²) in [6, 6.07) is 7.48. The number of benzene rings is 1. The van der Waals surface area contributed by atoms with Crippen molar-refractivity contribution in [3.8, 4) is 0 Å². The van der Waals surface area contributed by atoms with Crippen molar-refractivity contribution in [1.82, 2.24) is 10.3 Å². The Balaban J connectivity index is 2.18. The summed E-state index contributed by atoms with van der Waals surface area (Å²) in [4.78, 5) is 28.5. The fraction of sp³-hybridized carbons (Fsp3) is 0.353. The molecule has 0 aliphatic rings. The SMILES string of the molecule is COC(=O)C(NC(=O)c1coc(C(N)C(C)C)n1)c1ccccc1. The van der Waals surface area contributed by atoms with Gasteiger partial charge in [-0.2, -0.15) is 0 Å². The van der Waals surface area contributed by atoms with Crippen LogP contribution in [-0.4, -0.2) is 24.0 Å². The van der Waals surface area contributed by atoms with Crippen molar-refractivity contribution in [3.05, 3.63) is 53.7 Å². The summed E-state index contributed by atoms with van der Waals surface area (Å²) in [5.41, 5.74) is 6.62. The Labute approximate surface area is 140 Å². The van der Waals surface area contributed by atoms with Gasteiger partial charge in [-0.05, 0) is 11.5 Å². The van der Waals surface area contributed by atoms with Gasteiger partial charge in [0.25, 0.3) is 5.91 Å². The van der Waals surface area contributed by atoms with Gasteiger partial charge in [-0.25, -0.2) is 9.78 Å². The van der Waals surface area contributed by atoms with Crippen LogP contribution in [0.1, 0.15) is 47.9 Å². The van der Waals surface area contributed by atoms with E-state index in [9.17, 15) is 9.59 Å². The Kier molecular flexibility index (Phi) is 5.70. The maximum Gasteiger partial charge on any atom is 0.333 e. The summed E-state index contributed by atoms with van der Waals surface area (Å²) in [5.74, 6) is -0.714. The van der Waals surface area contributed by atoms with Crippen LogP contribution in [0.3, 0.4) is 0 Å². The Morgan fingerprint density at radius 1 is 1.25 bits per heavy atom. The Bertz CT molecular complexity index is 697. The minimum Gasteiger partial charge on any atom is -0.467 e. The van der Waals surface area contributed by atoms with E-state index in [1.807, 2.05) is 19.9 Å². The second kappa shape index (κ2) is 7.74. The van der Waals surface area contributed by atoms with Crippen molar-refractivity contribution in [3.63, 3.8) is 0 Å². The normalized spacial score (nSPS) is 13.4. The third-order valence-electron chi connectivity index (χ3n) is 3.60. The molecular weight excluding hydrogens is 310 g/mol. The first-order valence-corrected chi connectivity index (χ1v) is 7.58. The molecule has 7 nitrogen and oxygen atoms in total. The minimum absolute atomic E-state index is 0.0611. The quantitative estimate of drug-likeness (QED) is 0.784. The molecule has 3 N–H and O–H groups in total. The van der Waals surface area contributed by atoms with Crippen molar-refractivity contribution in [2.24, 2.45) is 11.7 Å². The number of esters is 1. The number of hydrogen-bond donors (Lipinski definition) is 2. The van der Waals surface area contributed by atoms with Crippen molar-refractivity contribution < 1.29 is 18.7 Å². The van der Waals surface area contributed by atoms with Gasteiger partial charge in [0.05, 0.1) is 13.2 Å². The van der Waals surface area contributed by atoms with E-state index in [0.717, 1.165) is 0 Å². The molecule has 1 aromatic carbocycles. The number of hydrogen-bond acceptors (Lipinski definition) is 6. The molecule has 7 heteroatoms. The van der Waals surface area contributed by atoms with Gasteiger partial charge in [0.1, 0.15) is 6.26 Å². The second-order valence-corrected chi connectivity index (χ2v) is 5.68. The smallest absolute Gasteiger partial charge is 0.333 e. The number of amides is 1. The van der Waals surface area contributed by atoms with Gasteiger partial charge in [-0.3, -0.25) is 4.79 Å². The van der Waals surface area contributed by atoms with E-state index >= 15 is 0 Å². The van der Waals surface area contributed by atoms with E-state index in [0.29, 0.717) is 5.56 Å². The van der Waals surface area contributed by atoms with Crippen LogP contribution in [0.2, 0.25) is 0 Å². The fourth-order valence-corrected chi connectivity index (χ4v) is 2.08. The first kappa shape index (κ1) is 17.7. The number of nitrogens with one attached hydrogen (secondary N) is 1. The van der Waals surface area contributed by atoms with Crippen LogP contribution in [0.4, 0.5) is 0 Å². The fourth-order valence-electron chi connectivity index (χ4n) is 2.08. The highest BCUT2D eigenvalue weighted by atomic mass is 16.5. The Morgan fingerprint density at radius 3 is 2.50 bits per heavy atom. The molecule has 2 atom stereocenters. The van der Waals surface area contributed by atoms with Gasteiger partial charge in [0, 0.05) is 0 Å². The molecule has 0 aliphatic carbocycles. The average molecular weight is 331 g/mol. The molecule has 2 aromatic rings. The molecular formula is C17H21N3O4. The van der Waals surface area contributed by atoms with E-state index < -0.39 is 24.0 Å². The molecule has 0 bridgehead atoms. The number of methoxy groups -OCH3 is 1. The maximum absolute atomic E-state index is 12.4. The summed E-state index contributed by atoms with van der Waals surface area (Å²) in [6.07, 6.45) is 1.23. The van der Waals surface area contributed by atoms with Crippen LogP contribution in [0.25, 0.3) is 0 Å². The van der Waals surface area contributed by atoms with Crippen LogP contribution in [-0.2, 0) is 9.53 Å². The van der Waals surface area contributed by atoms with Gasteiger partial charge in [-0.1, -0.05) is 44.2 Å². The van der Waals surface area contributed by atoms with E-state index in [2.05, 4.69) is 10.3 Å². The lowest BCUT2D eigenvalue weighted by atomic mass is 10.1. The number of carbonyl (C=O) groups excluding carboxylic acids is 2. The largest absolute Gasteiger partial charge is 0.467 e. The number of ether oxygens (including phenoxy) is 1. The number of nitrogens with zero attached hydrogens (tertiary/aromatic N) is 1. The molecule has 0 spiro atoms. The zero-order valence-corrected chi connectivity index (χ0v) is 13.9. The molecule has 128 valence electrons. The van der Waals surface area contributed by atoms with E-state index in [-0.39, 0.29) is 17.5 Å². The lowest BCUT2D eigenvalue weighted by Crippen LogP contribution is -2.34. The zero-order chi connectivity index (χ0) is 17.7. The average Bonchev–Trinajstić information content (AvgIpc) is 3.08. The standard InChI is InChI=1S/C17H21N3O4/c1-10(2)13(18)16-19-12(9-24-16)15(21)20-14(17(22)23-3)11-7-5-4-6-8-11/h4-10,13-14H,18H2,1-3H3,(H,20,21). The first-order chi connectivity index (χ1) is 11.4. The summed E-state index contributed by atoms with van der Waals surface area (Å²) >= 11 is 0. The summed E-state index contributed by atoms with van der Waals surface area (Å²) in [7, 11) is 1.26. The number of nitrogens with two attached hydrogens (primary N) is 1. The molecule has 0 fully saturated rings. The number of oxazole rings is 1. The topological polar surface area (TPSA) is 107 Å². The predicted molar refractivity (Wildman–Crippen MR) is 86.9 cm³/mol. The molecule has 2 rings (SSSR count). The molecule has 1 amide bonds. The van der Waals surface area contributed by atoms with Gasteiger partial charge < -0.3 is 20.2 Å². The van der Waals surface area contributed by atoms with Crippen molar-refractivity contribution in [2.45, 2.75) is 25.9 Å². The van der Waals surface area contributed by atoms with Gasteiger partial charge >= 0.3 is 5.97 Å². The lowest BCUT2D eigenvalue weighted by molar-refractivity contribution is -0.143. The van der Waals surface area contributed by atoms with Crippen molar-refractivity contribution >= 4 is 11.9 Å². The minimum atomic E-state index is -0.928. The monoisotopic (exact) mass is 331 g/mol. The first-order valence-electron chi connectivity index (χ1n) is 7.58. The molecule has 0 saturated carbocycles. The predicted octanol–water partition coefficient (Wildman–Crippen LogP) is 1.97. The highest BCUT2D eigenvalue weighted by molar-refractivity contribution is 5.95. The van der Waals surface area contributed by atoms with Crippen LogP contribution < -0.4 is 11.1 Å². The highest BCUT2D eigenvalue weighted by Gasteiger charge is 2.26. The number of carbonyl (C=O) groups is 2. The van der Waals surface area contributed by atoms with E-state index in [1.54, 1.807) is 24.3 Å². The van der Waals surface area contributed by atoms with E-state index in [1.165, 1.54) is 13.4 Å². The van der Waals surface area contributed by atoms with Crippen molar-refractivity contribution in [1.29, 1.82) is 0 Å². The van der Waals surface area contributed by atoms with Gasteiger partial charge in [0.15, 0.2) is 11.7 Å². The molecule has 0 saturated heterocycles. The third-order valence-corrected chi connectivity index (χ3v) is 3.60. The number of rotatable bonds is 6. The van der Waals surface area contributed by atoms with Crippen LogP contribution >= 0.6 is 0 Å². The van der Waals surface area contributed by atoms with E-state index in [4.69, 9.17) is 14.9 Å². The Hall–Kier alpha value is -2.67. The van der Waals surface area contributed by atoms with Crippen LogP contribution in [0.15, 0.2) is 41.0 Å².